The molecular formula is C10H11N3O. The Morgan fingerprint density at radius 3 is 2.64 bits per heavy atom. The molecule has 0 saturated heterocycles. The van der Waals surface area contributed by atoms with Gasteiger partial charge in [-0.3, -0.25) is 0 Å². The fourth-order valence-corrected chi connectivity index (χ4v) is 1.38. The zero-order valence-corrected chi connectivity index (χ0v) is 7.88. The van der Waals surface area contributed by atoms with E-state index in [-0.39, 0.29) is 6.61 Å². The molecule has 2 rings (SSSR count). The van der Waals surface area contributed by atoms with Gasteiger partial charge in [0, 0.05) is 5.56 Å². The van der Waals surface area contributed by atoms with Crippen LogP contribution in [0.4, 0.5) is 0 Å². The SMILES string of the molecule is Cc1ccc(-n2nccn2)c(CO)c1. The molecule has 1 heterocycles. The van der Waals surface area contributed by atoms with Crippen LogP contribution >= 0.6 is 0 Å². The van der Waals surface area contributed by atoms with Crippen molar-refractivity contribution in [2.45, 2.75) is 13.5 Å². The maximum atomic E-state index is 9.17. The van der Waals surface area contributed by atoms with Crippen LogP contribution < -0.4 is 0 Å². The van der Waals surface area contributed by atoms with Crippen LogP contribution in [0.5, 0.6) is 0 Å². The molecule has 0 radical (unpaired) electrons. The van der Waals surface area contributed by atoms with Gasteiger partial charge >= 0.3 is 0 Å². The molecule has 4 nitrogen and oxygen atoms in total. The normalized spacial score (nSPS) is 10.4. The topological polar surface area (TPSA) is 50.9 Å². The van der Waals surface area contributed by atoms with Crippen LogP contribution in [0.3, 0.4) is 0 Å². The van der Waals surface area contributed by atoms with E-state index in [0.29, 0.717) is 0 Å². The lowest BCUT2D eigenvalue weighted by Crippen LogP contribution is -2.03. The second-order valence-electron chi connectivity index (χ2n) is 3.11. The molecule has 0 aliphatic carbocycles. The van der Waals surface area contributed by atoms with Gasteiger partial charge in [0.05, 0.1) is 24.7 Å². The third-order valence-corrected chi connectivity index (χ3v) is 2.04. The number of hydrogen-bond donors (Lipinski definition) is 1. The number of nitrogens with zero attached hydrogens (tertiary/aromatic N) is 3. The van der Waals surface area contributed by atoms with Gasteiger partial charge in [0.1, 0.15) is 0 Å². The quantitative estimate of drug-likeness (QED) is 0.768. The van der Waals surface area contributed by atoms with Crippen molar-refractivity contribution < 1.29 is 5.11 Å². The molecule has 1 aromatic heterocycles. The van der Waals surface area contributed by atoms with Gasteiger partial charge in [-0.25, -0.2) is 0 Å². The molecule has 0 aliphatic rings. The first kappa shape index (κ1) is 8.90. The Morgan fingerprint density at radius 1 is 1.29 bits per heavy atom. The number of aromatic nitrogens is 3. The fourth-order valence-electron chi connectivity index (χ4n) is 1.38. The van der Waals surface area contributed by atoms with Crippen LogP contribution in [0, 0.1) is 6.92 Å². The summed E-state index contributed by atoms with van der Waals surface area (Å²) < 4.78 is 0. The minimum absolute atomic E-state index is 0.00144. The summed E-state index contributed by atoms with van der Waals surface area (Å²) in [5.41, 5.74) is 2.77. The van der Waals surface area contributed by atoms with Gasteiger partial charge in [0.2, 0.25) is 0 Å². The van der Waals surface area contributed by atoms with Gasteiger partial charge in [-0.15, -0.1) is 0 Å². The number of aliphatic hydroxyl groups is 1. The third-order valence-electron chi connectivity index (χ3n) is 2.04. The second kappa shape index (κ2) is 3.59. The molecular weight excluding hydrogens is 178 g/mol. The highest BCUT2D eigenvalue weighted by Crippen LogP contribution is 2.14. The summed E-state index contributed by atoms with van der Waals surface area (Å²) in [6, 6.07) is 5.80. The molecule has 0 saturated carbocycles. The Morgan fingerprint density at radius 2 is 2.00 bits per heavy atom. The highest BCUT2D eigenvalue weighted by Gasteiger charge is 2.04. The minimum atomic E-state index is -0.00144. The predicted molar refractivity (Wildman–Crippen MR) is 52.0 cm³/mol. The van der Waals surface area contributed by atoms with Crippen LogP contribution in [-0.2, 0) is 6.61 Å². The van der Waals surface area contributed by atoms with Crippen LogP contribution in [0.15, 0.2) is 30.6 Å². The van der Waals surface area contributed by atoms with E-state index in [1.54, 1.807) is 12.4 Å². The van der Waals surface area contributed by atoms with E-state index in [1.807, 2.05) is 25.1 Å². The Balaban J connectivity index is 2.53. The summed E-state index contributed by atoms with van der Waals surface area (Å²) in [6.07, 6.45) is 3.22. The molecule has 4 heteroatoms. The standard InChI is InChI=1S/C10H11N3O/c1-8-2-3-10(9(6-8)7-14)13-11-4-5-12-13/h2-6,14H,7H2,1H3. The minimum Gasteiger partial charge on any atom is -0.392 e. The van der Waals surface area contributed by atoms with Gasteiger partial charge in [-0.2, -0.15) is 15.0 Å². The largest absolute Gasteiger partial charge is 0.392 e. The number of aryl methyl sites for hydroxylation is 1. The average Bonchev–Trinajstić information content (AvgIpc) is 2.70. The van der Waals surface area contributed by atoms with Crippen molar-refractivity contribution in [3.8, 4) is 5.69 Å². The van der Waals surface area contributed by atoms with Crippen LogP contribution in [0.2, 0.25) is 0 Å². The molecule has 1 aromatic carbocycles. The summed E-state index contributed by atoms with van der Waals surface area (Å²) in [4.78, 5) is 1.50. The Hall–Kier alpha value is -1.68. The zero-order chi connectivity index (χ0) is 9.97. The summed E-state index contributed by atoms with van der Waals surface area (Å²) in [5, 5.41) is 17.2. The van der Waals surface area contributed by atoms with Gasteiger partial charge < -0.3 is 5.11 Å². The molecule has 14 heavy (non-hydrogen) atoms. The summed E-state index contributed by atoms with van der Waals surface area (Å²) in [5.74, 6) is 0. The van der Waals surface area contributed by atoms with Crippen LogP contribution in [-0.4, -0.2) is 20.1 Å². The van der Waals surface area contributed by atoms with E-state index in [9.17, 15) is 5.11 Å². The molecule has 72 valence electrons. The van der Waals surface area contributed by atoms with Gasteiger partial charge in [-0.1, -0.05) is 17.7 Å². The molecule has 0 unspecified atom stereocenters. The number of hydrogen-bond acceptors (Lipinski definition) is 3. The van der Waals surface area contributed by atoms with Gasteiger partial charge in [0.15, 0.2) is 0 Å². The summed E-state index contributed by atoms with van der Waals surface area (Å²) in [7, 11) is 0. The highest BCUT2D eigenvalue weighted by atomic mass is 16.3. The van der Waals surface area contributed by atoms with Crippen molar-refractivity contribution >= 4 is 0 Å². The maximum absolute atomic E-state index is 9.17. The molecule has 2 aromatic rings. The van der Waals surface area contributed by atoms with E-state index >= 15 is 0 Å². The van der Waals surface area contributed by atoms with E-state index in [0.717, 1.165) is 16.8 Å². The van der Waals surface area contributed by atoms with Crippen molar-refractivity contribution in [3.63, 3.8) is 0 Å². The molecule has 0 amide bonds. The van der Waals surface area contributed by atoms with Crippen molar-refractivity contribution in [1.82, 2.24) is 15.0 Å². The van der Waals surface area contributed by atoms with E-state index in [4.69, 9.17) is 0 Å². The van der Waals surface area contributed by atoms with Crippen LogP contribution in [0.1, 0.15) is 11.1 Å². The summed E-state index contributed by atoms with van der Waals surface area (Å²) >= 11 is 0. The van der Waals surface area contributed by atoms with Crippen LogP contribution in [0.25, 0.3) is 5.69 Å². The second-order valence-corrected chi connectivity index (χ2v) is 3.11. The lowest BCUT2D eigenvalue weighted by Gasteiger charge is -2.06. The molecule has 1 N–H and O–H groups in total. The fraction of sp³-hybridized carbons (Fsp3) is 0.200. The predicted octanol–water partition coefficient (Wildman–Crippen LogP) is 1.07. The first-order valence-electron chi connectivity index (χ1n) is 4.38. The number of aliphatic hydroxyl groups excluding tert-OH is 1. The van der Waals surface area contributed by atoms with E-state index in [2.05, 4.69) is 10.2 Å². The van der Waals surface area contributed by atoms with E-state index < -0.39 is 0 Å². The summed E-state index contributed by atoms with van der Waals surface area (Å²) in [6.45, 7) is 1.98. The monoisotopic (exact) mass is 189 g/mol. The first-order chi connectivity index (χ1) is 6.81. The smallest absolute Gasteiger partial charge is 0.0911 e. The Bertz CT molecular complexity index is 423. The highest BCUT2D eigenvalue weighted by molar-refractivity contribution is 5.41. The first-order valence-corrected chi connectivity index (χ1v) is 4.38. The molecule has 0 atom stereocenters. The van der Waals surface area contributed by atoms with Crippen molar-refractivity contribution in [2.24, 2.45) is 0 Å². The number of rotatable bonds is 2. The maximum Gasteiger partial charge on any atom is 0.0911 e. The molecule has 0 aliphatic heterocycles. The number of benzene rings is 1. The van der Waals surface area contributed by atoms with Gasteiger partial charge in [-0.05, 0) is 13.0 Å². The van der Waals surface area contributed by atoms with Crippen molar-refractivity contribution in [3.05, 3.63) is 41.7 Å². The third kappa shape index (κ3) is 1.52. The van der Waals surface area contributed by atoms with Gasteiger partial charge in [0.25, 0.3) is 0 Å². The van der Waals surface area contributed by atoms with E-state index in [1.165, 1.54) is 4.80 Å². The molecule has 0 fully saturated rings. The lowest BCUT2D eigenvalue weighted by molar-refractivity contribution is 0.281. The average molecular weight is 189 g/mol. The lowest BCUT2D eigenvalue weighted by atomic mass is 10.1. The Labute approximate surface area is 81.8 Å². The van der Waals surface area contributed by atoms with Crippen molar-refractivity contribution in [2.75, 3.05) is 0 Å². The zero-order valence-electron chi connectivity index (χ0n) is 7.88. The molecule has 0 spiro atoms. The molecule has 0 bridgehead atoms. The Kier molecular flexibility index (Phi) is 2.28. The van der Waals surface area contributed by atoms with Crippen molar-refractivity contribution in [1.29, 1.82) is 0 Å².